The van der Waals surface area contributed by atoms with Crippen molar-refractivity contribution in [2.75, 3.05) is 0 Å². The second-order valence-corrected chi connectivity index (χ2v) is 5.75. The Hall–Kier alpha value is -1.41. The van der Waals surface area contributed by atoms with Gasteiger partial charge in [-0.1, -0.05) is 6.07 Å². The van der Waals surface area contributed by atoms with Crippen molar-refractivity contribution in [2.24, 2.45) is 7.05 Å². The summed E-state index contributed by atoms with van der Waals surface area (Å²) in [5.74, 6) is 0.211. The monoisotopic (exact) mass is 403 g/mol. The van der Waals surface area contributed by atoms with E-state index in [0.29, 0.717) is 4.47 Å². The van der Waals surface area contributed by atoms with E-state index in [1.54, 1.807) is 23.9 Å². The molecule has 0 aliphatic carbocycles. The molecule has 6 nitrogen and oxygen atoms in total. The van der Waals surface area contributed by atoms with Crippen LogP contribution in [0, 0.1) is 17.0 Å². The van der Waals surface area contributed by atoms with Gasteiger partial charge in [-0.2, -0.15) is 5.10 Å². The summed E-state index contributed by atoms with van der Waals surface area (Å²) in [6.07, 6.45) is 0. The van der Waals surface area contributed by atoms with E-state index in [4.69, 9.17) is 4.74 Å². The smallest absolute Gasteiger partial charge is 0.312 e. The lowest BCUT2D eigenvalue weighted by Crippen LogP contribution is -2.05. The molecule has 0 aliphatic rings. The van der Waals surface area contributed by atoms with Gasteiger partial charge in [0.2, 0.25) is 5.75 Å². The number of hydrogen-bond acceptors (Lipinski definition) is 4. The Kier molecular flexibility index (Phi) is 4.44. The van der Waals surface area contributed by atoms with E-state index in [9.17, 15) is 10.1 Å². The maximum atomic E-state index is 11.0. The molecule has 0 amide bonds. The normalized spacial score (nSPS) is 10.6. The van der Waals surface area contributed by atoms with E-state index in [-0.39, 0.29) is 18.0 Å². The highest BCUT2D eigenvalue weighted by atomic mass is 79.9. The summed E-state index contributed by atoms with van der Waals surface area (Å²) in [6, 6.07) is 4.70. The SMILES string of the molecule is Cc1nn(C)c(COc2c(Br)cccc2[N+](=O)[O-])c1Br. The number of hydrogen-bond donors (Lipinski definition) is 0. The van der Waals surface area contributed by atoms with Crippen molar-refractivity contribution in [1.82, 2.24) is 9.78 Å². The summed E-state index contributed by atoms with van der Waals surface area (Å²) < 4.78 is 8.68. The van der Waals surface area contributed by atoms with Crippen LogP contribution in [-0.4, -0.2) is 14.7 Å². The van der Waals surface area contributed by atoms with Crippen molar-refractivity contribution in [2.45, 2.75) is 13.5 Å². The van der Waals surface area contributed by atoms with Gasteiger partial charge in [0, 0.05) is 13.1 Å². The van der Waals surface area contributed by atoms with Gasteiger partial charge in [0.15, 0.2) is 0 Å². The highest BCUT2D eigenvalue weighted by Crippen LogP contribution is 2.35. The van der Waals surface area contributed by atoms with Crippen LogP contribution in [0.25, 0.3) is 0 Å². The van der Waals surface area contributed by atoms with Gasteiger partial charge in [0.1, 0.15) is 6.61 Å². The average molecular weight is 405 g/mol. The van der Waals surface area contributed by atoms with Crippen LogP contribution in [0.2, 0.25) is 0 Å². The number of aromatic nitrogens is 2. The van der Waals surface area contributed by atoms with E-state index in [0.717, 1.165) is 15.9 Å². The average Bonchev–Trinajstić information content (AvgIpc) is 2.62. The van der Waals surface area contributed by atoms with E-state index in [1.165, 1.54) is 6.07 Å². The van der Waals surface area contributed by atoms with Crippen molar-refractivity contribution < 1.29 is 9.66 Å². The first-order valence-corrected chi connectivity index (χ1v) is 7.24. The van der Waals surface area contributed by atoms with Crippen molar-refractivity contribution in [3.05, 3.63) is 48.6 Å². The highest BCUT2D eigenvalue weighted by molar-refractivity contribution is 9.10. The molecule has 1 aromatic heterocycles. The molecule has 2 rings (SSSR count). The molecule has 0 aliphatic heterocycles. The minimum absolute atomic E-state index is 0.0746. The molecule has 0 atom stereocenters. The van der Waals surface area contributed by atoms with Crippen LogP contribution < -0.4 is 4.74 Å². The molecule has 1 heterocycles. The van der Waals surface area contributed by atoms with Crippen molar-refractivity contribution in [3.8, 4) is 5.75 Å². The van der Waals surface area contributed by atoms with Crippen LogP contribution in [0.5, 0.6) is 5.75 Å². The lowest BCUT2D eigenvalue weighted by atomic mass is 10.3. The van der Waals surface area contributed by atoms with E-state index in [1.807, 2.05) is 6.92 Å². The molecular formula is C12H11Br2N3O3. The Balaban J connectivity index is 2.30. The standard InChI is InChI=1S/C12H11Br2N3O3/c1-7-11(14)10(16(2)15-7)6-20-12-8(13)4-3-5-9(12)17(18)19/h3-5H,6H2,1-2H3. The fraction of sp³-hybridized carbons (Fsp3) is 0.250. The van der Waals surface area contributed by atoms with Gasteiger partial charge in [0.05, 0.1) is 25.3 Å². The number of nitrogens with zero attached hydrogens (tertiary/aromatic N) is 3. The molecule has 2 aromatic rings. The summed E-state index contributed by atoms with van der Waals surface area (Å²) in [5.41, 5.74) is 1.58. The zero-order chi connectivity index (χ0) is 14.9. The number of nitro groups is 1. The Morgan fingerprint density at radius 1 is 1.45 bits per heavy atom. The number of halogens is 2. The molecule has 20 heavy (non-hydrogen) atoms. The summed E-state index contributed by atoms with van der Waals surface area (Å²) in [7, 11) is 1.80. The molecule has 0 saturated carbocycles. The second-order valence-electron chi connectivity index (χ2n) is 4.10. The number of aryl methyl sites for hydroxylation is 2. The molecule has 0 fully saturated rings. The summed E-state index contributed by atoms with van der Waals surface area (Å²) in [4.78, 5) is 10.5. The van der Waals surface area contributed by atoms with Gasteiger partial charge < -0.3 is 4.74 Å². The molecule has 0 spiro atoms. The third-order valence-electron chi connectivity index (χ3n) is 2.76. The molecule has 8 heteroatoms. The predicted octanol–water partition coefficient (Wildman–Crippen LogP) is 3.74. The van der Waals surface area contributed by atoms with Crippen LogP contribution in [0.1, 0.15) is 11.4 Å². The third kappa shape index (κ3) is 2.85. The fourth-order valence-electron chi connectivity index (χ4n) is 1.76. The number of benzene rings is 1. The Labute approximate surface area is 132 Å². The fourth-order valence-corrected chi connectivity index (χ4v) is 2.68. The maximum absolute atomic E-state index is 11.0. The van der Waals surface area contributed by atoms with Crippen molar-refractivity contribution >= 4 is 37.5 Å². The molecule has 0 unspecified atom stereocenters. The van der Waals surface area contributed by atoms with Gasteiger partial charge in [-0.3, -0.25) is 14.8 Å². The third-order valence-corrected chi connectivity index (χ3v) is 4.41. The first-order chi connectivity index (χ1) is 9.41. The van der Waals surface area contributed by atoms with Crippen molar-refractivity contribution in [3.63, 3.8) is 0 Å². The number of para-hydroxylation sites is 1. The topological polar surface area (TPSA) is 70.2 Å². The zero-order valence-corrected chi connectivity index (χ0v) is 13.9. The Morgan fingerprint density at radius 2 is 2.15 bits per heavy atom. The van der Waals surface area contributed by atoms with Gasteiger partial charge in [-0.15, -0.1) is 0 Å². The van der Waals surface area contributed by atoms with E-state index >= 15 is 0 Å². The van der Waals surface area contributed by atoms with Crippen LogP contribution in [-0.2, 0) is 13.7 Å². The Morgan fingerprint density at radius 3 is 2.70 bits per heavy atom. The molecular weight excluding hydrogens is 394 g/mol. The molecule has 0 saturated heterocycles. The van der Waals surface area contributed by atoms with Gasteiger partial charge in [-0.25, -0.2) is 0 Å². The molecule has 0 radical (unpaired) electrons. The van der Waals surface area contributed by atoms with E-state index < -0.39 is 4.92 Å². The highest BCUT2D eigenvalue weighted by Gasteiger charge is 2.19. The van der Waals surface area contributed by atoms with Crippen LogP contribution in [0.3, 0.4) is 0 Å². The number of ether oxygens (including phenoxy) is 1. The Bertz CT molecular complexity index is 670. The minimum Gasteiger partial charge on any atom is -0.479 e. The van der Waals surface area contributed by atoms with Crippen LogP contribution in [0.4, 0.5) is 5.69 Å². The van der Waals surface area contributed by atoms with Gasteiger partial charge in [0.25, 0.3) is 0 Å². The quantitative estimate of drug-likeness (QED) is 0.574. The summed E-state index contributed by atoms with van der Waals surface area (Å²) in [6.45, 7) is 2.05. The first kappa shape index (κ1) is 15.0. The summed E-state index contributed by atoms with van der Waals surface area (Å²) in [5, 5.41) is 15.2. The number of nitro benzene ring substituents is 1. The molecule has 106 valence electrons. The maximum Gasteiger partial charge on any atom is 0.312 e. The predicted molar refractivity (Wildman–Crippen MR) is 80.8 cm³/mol. The number of rotatable bonds is 4. The minimum atomic E-state index is -0.469. The largest absolute Gasteiger partial charge is 0.479 e. The lowest BCUT2D eigenvalue weighted by molar-refractivity contribution is -0.386. The van der Waals surface area contributed by atoms with E-state index in [2.05, 4.69) is 37.0 Å². The van der Waals surface area contributed by atoms with Crippen LogP contribution in [0.15, 0.2) is 27.1 Å². The zero-order valence-electron chi connectivity index (χ0n) is 10.8. The van der Waals surface area contributed by atoms with Crippen molar-refractivity contribution in [1.29, 1.82) is 0 Å². The molecule has 0 bridgehead atoms. The summed E-state index contributed by atoms with van der Waals surface area (Å²) >= 11 is 6.70. The molecule has 1 aromatic carbocycles. The second kappa shape index (κ2) is 5.92. The van der Waals surface area contributed by atoms with Crippen LogP contribution >= 0.6 is 31.9 Å². The lowest BCUT2D eigenvalue weighted by Gasteiger charge is -2.09. The first-order valence-electron chi connectivity index (χ1n) is 5.65. The van der Waals surface area contributed by atoms with Gasteiger partial charge in [-0.05, 0) is 44.8 Å². The van der Waals surface area contributed by atoms with Gasteiger partial charge >= 0.3 is 5.69 Å². The molecule has 0 N–H and O–H groups in total.